The molecular formula is C19H22N2O4. The number of hydrogen-bond donors (Lipinski definition) is 2. The van der Waals surface area contributed by atoms with Crippen LogP contribution in [0.15, 0.2) is 48.5 Å². The Kier molecular flexibility index (Phi) is 6.83. The van der Waals surface area contributed by atoms with Crippen LogP contribution in [-0.2, 0) is 16.0 Å². The van der Waals surface area contributed by atoms with Crippen LogP contribution in [0.2, 0.25) is 0 Å². The lowest BCUT2D eigenvalue weighted by molar-refractivity contribution is -0.123. The molecule has 2 aromatic rings. The zero-order valence-electron chi connectivity index (χ0n) is 14.4. The molecule has 2 aromatic carbocycles. The van der Waals surface area contributed by atoms with Gasteiger partial charge in [0.15, 0.2) is 0 Å². The molecule has 6 heteroatoms. The molecule has 0 bridgehead atoms. The van der Waals surface area contributed by atoms with E-state index < -0.39 is 0 Å². The Hall–Kier alpha value is -3.02. The highest BCUT2D eigenvalue weighted by molar-refractivity contribution is 5.94. The number of nitrogens with one attached hydrogen (secondary N) is 2. The molecule has 0 aliphatic heterocycles. The van der Waals surface area contributed by atoms with Crippen LogP contribution in [0.1, 0.15) is 12.5 Å². The second-order valence-corrected chi connectivity index (χ2v) is 5.31. The molecular weight excluding hydrogens is 320 g/mol. The summed E-state index contributed by atoms with van der Waals surface area (Å²) < 4.78 is 10.4. The van der Waals surface area contributed by atoms with Crippen LogP contribution in [0, 0.1) is 0 Å². The predicted molar refractivity (Wildman–Crippen MR) is 95.9 cm³/mol. The minimum atomic E-state index is -0.285. The van der Waals surface area contributed by atoms with Gasteiger partial charge in [0.25, 0.3) is 0 Å². The molecule has 0 aliphatic carbocycles. The van der Waals surface area contributed by atoms with Gasteiger partial charge in [0.05, 0.1) is 26.7 Å². The first-order chi connectivity index (χ1) is 12.1. The van der Waals surface area contributed by atoms with Crippen LogP contribution >= 0.6 is 0 Å². The van der Waals surface area contributed by atoms with E-state index in [0.717, 1.165) is 17.1 Å². The molecule has 0 atom stereocenters. The standard InChI is InChI=1S/C19H22N2O4/c1-3-25-17-10-6-15(7-11-17)21-19(23)13-20-18(22)12-14-4-8-16(24-2)9-5-14/h4-11H,3,12-13H2,1-2H3,(H,20,22)(H,21,23). The number of anilines is 1. The zero-order valence-corrected chi connectivity index (χ0v) is 14.4. The van der Waals surface area contributed by atoms with Crippen molar-refractivity contribution in [2.24, 2.45) is 0 Å². The van der Waals surface area contributed by atoms with Crippen molar-refractivity contribution in [2.75, 3.05) is 25.6 Å². The second-order valence-electron chi connectivity index (χ2n) is 5.31. The molecule has 0 radical (unpaired) electrons. The molecule has 0 heterocycles. The van der Waals surface area contributed by atoms with Gasteiger partial charge in [-0.2, -0.15) is 0 Å². The number of rotatable bonds is 8. The average molecular weight is 342 g/mol. The number of ether oxygens (including phenoxy) is 2. The van der Waals surface area contributed by atoms with Gasteiger partial charge in [0, 0.05) is 5.69 Å². The first-order valence-electron chi connectivity index (χ1n) is 8.03. The summed E-state index contributed by atoms with van der Waals surface area (Å²) in [6.07, 6.45) is 0.209. The van der Waals surface area contributed by atoms with Gasteiger partial charge in [-0.05, 0) is 48.9 Å². The molecule has 132 valence electrons. The third kappa shape index (κ3) is 6.18. The van der Waals surface area contributed by atoms with Crippen LogP contribution in [0.5, 0.6) is 11.5 Å². The number of carbonyl (C=O) groups is 2. The third-order valence-corrected chi connectivity index (χ3v) is 3.42. The van der Waals surface area contributed by atoms with Crippen LogP contribution in [0.25, 0.3) is 0 Å². The van der Waals surface area contributed by atoms with Crippen molar-refractivity contribution in [1.82, 2.24) is 5.32 Å². The van der Waals surface area contributed by atoms with Gasteiger partial charge in [-0.3, -0.25) is 9.59 Å². The van der Waals surface area contributed by atoms with Crippen LogP contribution in [0.3, 0.4) is 0 Å². The Labute approximate surface area is 147 Å². The van der Waals surface area contributed by atoms with Crippen LogP contribution < -0.4 is 20.1 Å². The fourth-order valence-corrected chi connectivity index (χ4v) is 2.18. The monoisotopic (exact) mass is 342 g/mol. The highest BCUT2D eigenvalue weighted by Gasteiger charge is 2.07. The van der Waals surface area contributed by atoms with Crippen molar-refractivity contribution >= 4 is 17.5 Å². The summed E-state index contributed by atoms with van der Waals surface area (Å²) >= 11 is 0. The minimum Gasteiger partial charge on any atom is -0.497 e. The van der Waals surface area contributed by atoms with Crippen LogP contribution in [-0.4, -0.2) is 32.1 Å². The Morgan fingerprint density at radius 1 is 0.920 bits per heavy atom. The number of hydrogen-bond acceptors (Lipinski definition) is 4. The lowest BCUT2D eigenvalue weighted by atomic mass is 10.1. The molecule has 0 aliphatic rings. The summed E-state index contributed by atoms with van der Waals surface area (Å²) in [5.41, 5.74) is 1.50. The first-order valence-corrected chi connectivity index (χ1v) is 8.03. The van der Waals surface area contributed by atoms with E-state index in [1.807, 2.05) is 19.1 Å². The lowest BCUT2D eigenvalue weighted by Crippen LogP contribution is -2.33. The second kappa shape index (κ2) is 9.32. The lowest BCUT2D eigenvalue weighted by Gasteiger charge is -2.08. The van der Waals surface area contributed by atoms with Crippen LogP contribution in [0.4, 0.5) is 5.69 Å². The average Bonchev–Trinajstić information content (AvgIpc) is 2.62. The van der Waals surface area contributed by atoms with Gasteiger partial charge >= 0.3 is 0 Å². The maximum absolute atomic E-state index is 11.9. The quantitative estimate of drug-likeness (QED) is 0.772. The molecule has 2 rings (SSSR count). The van der Waals surface area contributed by atoms with Gasteiger partial charge in [0.1, 0.15) is 11.5 Å². The van der Waals surface area contributed by atoms with Crippen molar-refractivity contribution in [3.63, 3.8) is 0 Å². The highest BCUT2D eigenvalue weighted by atomic mass is 16.5. The molecule has 25 heavy (non-hydrogen) atoms. The van der Waals surface area contributed by atoms with E-state index in [-0.39, 0.29) is 24.8 Å². The fourth-order valence-electron chi connectivity index (χ4n) is 2.18. The van der Waals surface area contributed by atoms with E-state index in [9.17, 15) is 9.59 Å². The van der Waals surface area contributed by atoms with Crippen molar-refractivity contribution < 1.29 is 19.1 Å². The number of benzene rings is 2. The van der Waals surface area contributed by atoms with Gasteiger partial charge in [-0.25, -0.2) is 0 Å². The Morgan fingerprint density at radius 2 is 1.56 bits per heavy atom. The molecule has 0 saturated carbocycles. The molecule has 0 spiro atoms. The van der Waals surface area contributed by atoms with E-state index in [1.165, 1.54) is 0 Å². The van der Waals surface area contributed by atoms with E-state index in [0.29, 0.717) is 12.3 Å². The van der Waals surface area contributed by atoms with Gasteiger partial charge in [-0.15, -0.1) is 0 Å². The molecule has 0 saturated heterocycles. The van der Waals surface area contributed by atoms with Crippen molar-refractivity contribution in [1.29, 1.82) is 0 Å². The summed E-state index contributed by atoms with van der Waals surface area (Å²) in [5.74, 6) is 0.978. The summed E-state index contributed by atoms with van der Waals surface area (Å²) in [7, 11) is 1.59. The number of amides is 2. The Balaban J connectivity index is 1.75. The molecule has 0 aromatic heterocycles. The smallest absolute Gasteiger partial charge is 0.243 e. The first kappa shape index (κ1) is 18.3. The molecule has 2 N–H and O–H groups in total. The fraction of sp³-hybridized carbons (Fsp3) is 0.263. The van der Waals surface area contributed by atoms with Crippen molar-refractivity contribution in [2.45, 2.75) is 13.3 Å². The van der Waals surface area contributed by atoms with E-state index in [1.54, 1.807) is 43.5 Å². The van der Waals surface area contributed by atoms with Crippen molar-refractivity contribution in [3.05, 3.63) is 54.1 Å². The van der Waals surface area contributed by atoms with Gasteiger partial charge in [0.2, 0.25) is 11.8 Å². The summed E-state index contributed by atoms with van der Waals surface area (Å²) in [5, 5.41) is 5.32. The largest absolute Gasteiger partial charge is 0.497 e. The Morgan fingerprint density at radius 3 is 2.16 bits per heavy atom. The minimum absolute atomic E-state index is 0.0812. The molecule has 0 fully saturated rings. The summed E-state index contributed by atoms with van der Waals surface area (Å²) in [4.78, 5) is 23.8. The van der Waals surface area contributed by atoms with E-state index >= 15 is 0 Å². The Bertz CT molecular complexity index is 696. The van der Waals surface area contributed by atoms with Crippen molar-refractivity contribution in [3.8, 4) is 11.5 Å². The summed E-state index contributed by atoms with van der Waals surface area (Å²) in [6, 6.07) is 14.3. The third-order valence-electron chi connectivity index (χ3n) is 3.42. The van der Waals surface area contributed by atoms with E-state index in [2.05, 4.69) is 10.6 Å². The molecule has 6 nitrogen and oxygen atoms in total. The highest BCUT2D eigenvalue weighted by Crippen LogP contribution is 2.15. The molecule has 2 amide bonds. The number of carbonyl (C=O) groups excluding carboxylic acids is 2. The summed E-state index contributed by atoms with van der Waals surface area (Å²) in [6.45, 7) is 2.42. The SMILES string of the molecule is CCOc1ccc(NC(=O)CNC(=O)Cc2ccc(OC)cc2)cc1. The van der Waals surface area contributed by atoms with E-state index in [4.69, 9.17) is 9.47 Å². The maximum Gasteiger partial charge on any atom is 0.243 e. The zero-order chi connectivity index (χ0) is 18.1. The predicted octanol–water partition coefficient (Wildman–Crippen LogP) is 2.39. The maximum atomic E-state index is 11.9. The topological polar surface area (TPSA) is 76.7 Å². The normalized spacial score (nSPS) is 10.0. The van der Waals surface area contributed by atoms with Gasteiger partial charge < -0.3 is 20.1 Å². The number of methoxy groups -OCH3 is 1. The molecule has 0 unspecified atom stereocenters. The van der Waals surface area contributed by atoms with Gasteiger partial charge in [-0.1, -0.05) is 12.1 Å².